The lowest BCUT2D eigenvalue weighted by Crippen LogP contribution is -2.39. The second kappa shape index (κ2) is 6.95. The molecule has 1 aromatic carbocycles. The summed E-state index contributed by atoms with van der Waals surface area (Å²) in [6.45, 7) is 0.868. The Bertz CT molecular complexity index is 428. The van der Waals surface area contributed by atoms with E-state index in [0.29, 0.717) is 17.8 Å². The minimum atomic E-state index is 0.220. The van der Waals surface area contributed by atoms with E-state index in [2.05, 4.69) is 24.3 Å². The van der Waals surface area contributed by atoms with Gasteiger partial charge in [-0.1, -0.05) is 6.07 Å². The van der Waals surface area contributed by atoms with E-state index < -0.39 is 0 Å². The first kappa shape index (κ1) is 15.1. The highest BCUT2D eigenvalue weighted by Crippen LogP contribution is 2.28. The molecule has 0 amide bonds. The monoisotopic (exact) mass is 278 g/mol. The minimum Gasteiger partial charge on any atom is -0.504 e. The SMILES string of the molecule is CNC1CCC(N(C)Cc2ccc(OC)c(O)c2)CC1. The number of hydrogen-bond donors (Lipinski definition) is 2. The molecular weight excluding hydrogens is 252 g/mol. The van der Waals surface area contributed by atoms with Crippen molar-refractivity contribution in [3.8, 4) is 11.5 Å². The number of aromatic hydroxyl groups is 1. The molecule has 4 nitrogen and oxygen atoms in total. The van der Waals surface area contributed by atoms with Crippen molar-refractivity contribution in [1.82, 2.24) is 10.2 Å². The summed E-state index contributed by atoms with van der Waals surface area (Å²) in [7, 11) is 5.79. The van der Waals surface area contributed by atoms with Gasteiger partial charge < -0.3 is 15.2 Å². The van der Waals surface area contributed by atoms with Gasteiger partial charge in [0.05, 0.1) is 7.11 Å². The number of nitrogens with one attached hydrogen (secondary N) is 1. The standard InChI is InChI=1S/C16H26N2O2/c1-17-13-5-7-14(8-6-13)18(2)11-12-4-9-16(20-3)15(19)10-12/h4,9-10,13-14,17,19H,5-8,11H2,1-3H3. The lowest BCUT2D eigenvalue weighted by Gasteiger charge is -2.34. The third-order valence-corrected chi connectivity index (χ3v) is 4.40. The molecule has 112 valence electrons. The van der Waals surface area contributed by atoms with Crippen LogP contribution in [0.15, 0.2) is 18.2 Å². The Kier molecular flexibility index (Phi) is 5.26. The van der Waals surface area contributed by atoms with E-state index in [-0.39, 0.29) is 5.75 Å². The van der Waals surface area contributed by atoms with Gasteiger partial charge in [-0.05, 0) is 57.5 Å². The number of ether oxygens (including phenoxy) is 1. The second-order valence-corrected chi connectivity index (χ2v) is 5.72. The molecule has 2 rings (SSSR count). The topological polar surface area (TPSA) is 44.7 Å². The molecular formula is C16H26N2O2. The number of nitrogens with zero attached hydrogens (tertiary/aromatic N) is 1. The first-order chi connectivity index (χ1) is 9.63. The summed E-state index contributed by atoms with van der Waals surface area (Å²) in [5.74, 6) is 0.753. The predicted molar refractivity (Wildman–Crippen MR) is 81.2 cm³/mol. The first-order valence-electron chi connectivity index (χ1n) is 7.37. The Hall–Kier alpha value is -1.26. The molecule has 0 aliphatic heterocycles. The summed E-state index contributed by atoms with van der Waals surface area (Å²) >= 11 is 0. The zero-order valence-electron chi connectivity index (χ0n) is 12.7. The molecule has 0 radical (unpaired) electrons. The van der Waals surface area contributed by atoms with Crippen molar-refractivity contribution >= 4 is 0 Å². The molecule has 0 aromatic heterocycles. The molecule has 1 aromatic rings. The van der Waals surface area contributed by atoms with Crippen LogP contribution in [-0.2, 0) is 6.54 Å². The zero-order chi connectivity index (χ0) is 14.5. The van der Waals surface area contributed by atoms with E-state index in [0.717, 1.165) is 12.1 Å². The fourth-order valence-corrected chi connectivity index (χ4v) is 3.06. The Morgan fingerprint density at radius 2 is 2.00 bits per heavy atom. The molecule has 0 heterocycles. The van der Waals surface area contributed by atoms with E-state index in [9.17, 15) is 5.11 Å². The number of hydrogen-bond acceptors (Lipinski definition) is 4. The highest BCUT2D eigenvalue weighted by atomic mass is 16.5. The number of phenols is 1. The maximum Gasteiger partial charge on any atom is 0.160 e. The van der Waals surface area contributed by atoms with Gasteiger partial charge in [0.15, 0.2) is 11.5 Å². The fraction of sp³-hybridized carbons (Fsp3) is 0.625. The highest BCUT2D eigenvalue weighted by molar-refractivity contribution is 5.41. The Balaban J connectivity index is 1.91. The second-order valence-electron chi connectivity index (χ2n) is 5.72. The highest BCUT2D eigenvalue weighted by Gasteiger charge is 2.23. The quantitative estimate of drug-likeness (QED) is 0.868. The smallest absolute Gasteiger partial charge is 0.160 e. The molecule has 4 heteroatoms. The molecule has 1 aliphatic rings. The van der Waals surface area contributed by atoms with Gasteiger partial charge in [-0.2, -0.15) is 0 Å². The van der Waals surface area contributed by atoms with Gasteiger partial charge in [0.1, 0.15) is 0 Å². The van der Waals surface area contributed by atoms with Crippen LogP contribution in [0.3, 0.4) is 0 Å². The molecule has 2 N–H and O–H groups in total. The van der Waals surface area contributed by atoms with Gasteiger partial charge in [-0.3, -0.25) is 4.90 Å². The number of rotatable bonds is 5. The van der Waals surface area contributed by atoms with Crippen LogP contribution in [0.25, 0.3) is 0 Å². The fourth-order valence-electron chi connectivity index (χ4n) is 3.06. The Labute approximate surface area is 121 Å². The normalized spacial score (nSPS) is 23.0. The maximum absolute atomic E-state index is 9.83. The van der Waals surface area contributed by atoms with Crippen LogP contribution in [0.5, 0.6) is 11.5 Å². The van der Waals surface area contributed by atoms with Crippen LogP contribution in [0, 0.1) is 0 Å². The van der Waals surface area contributed by atoms with Gasteiger partial charge >= 0.3 is 0 Å². The van der Waals surface area contributed by atoms with Crippen molar-refractivity contribution in [2.45, 2.75) is 44.3 Å². The summed E-state index contributed by atoms with van der Waals surface area (Å²) in [6, 6.07) is 6.98. The van der Waals surface area contributed by atoms with Gasteiger partial charge in [0.25, 0.3) is 0 Å². The third kappa shape index (κ3) is 3.64. The number of benzene rings is 1. The Morgan fingerprint density at radius 3 is 2.55 bits per heavy atom. The van der Waals surface area contributed by atoms with Crippen LogP contribution >= 0.6 is 0 Å². The summed E-state index contributed by atoms with van der Waals surface area (Å²) in [4.78, 5) is 2.40. The average molecular weight is 278 g/mol. The van der Waals surface area contributed by atoms with E-state index >= 15 is 0 Å². The summed E-state index contributed by atoms with van der Waals surface area (Å²) in [6.07, 6.45) is 4.98. The van der Waals surface area contributed by atoms with Crippen molar-refractivity contribution < 1.29 is 9.84 Å². The first-order valence-corrected chi connectivity index (χ1v) is 7.37. The molecule has 1 saturated carbocycles. The molecule has 0 spiro atoms. The Morgan fingerprint density at radius 1 is 1.30 bits per heavy atom. The van der Waals surface area contributed by atoms with Crippen LogP contribution < -0.4 is 10.1 Å². The van der Waals surface area contributed by atoms with Crippen molar-refractivity contribution in [1.29, 1.82) is 0 Å². The number of phenolic OH excluding ortho intramolecular Hbond substituents is 1. The van der Waals surface area contributed by atoms with Gasteiger partial charge in [0.2, 0.25) is 0 Å². The summed E-state index contributed by atoms with van der Waals surface area (Å²) < 4.78 is 5.07. The van der Waals surface area contributed by atoms with Gasteiger partial charge in [-0.25, -0.2) is 0 Å². The van der Waals surface area contributed by atoms with Crippen LogP contribution in [0.1, 0.15) is 31.2 Å². The molecule has 0 unspecified atom stereocenters. The van der Waals surface area contributed by atoms with Gasteiger partial charge in [-0.15, -0.1) is 0 Å². The van der Waals surface area contributed by atoms with Crippen LogP contribution in [0.4, 0.5) is 0 Å². The summed E-state index contributed by atoms with van der Waals surface area (Å²) in [5.41, 5.74) is 1.13. The van der Waals surface area contributed by atoms with E-state index in [1.807, 2.05) is 12.1 Å². The third-order valence-electron chi connectivity index (χ3n) is 4.40. The average Bonchev–Trinajstić information content (AvgIpc) is 2.47. The van der Waals surface area contributed by atoms with E-state index in [1.54, 1.807) is 13.2 Å². The molecule has 1 aliphatic carbocycles. The lowest BCUT2D eigenvalue weighted by molar-refractivity contribution is 0.170. The zero-order valence-corrected chi connectivity index (χ0v) is 12.7. The van der Waals surface area contributed by atoms with E-state index in [1.165, 1.54) is 25.7 Å². The molecule has 0 saturated heterocycles. The van der Waals surface area contributed by atoms with Crippen molar-refractivity contribution in [2.75, 3.05) is 21.2 Å². The minimum absolute atomic E-state index is 0.220. The summed E-state index contributed by atoms with van der Waals surface area (Å²) in [5, 5.41) is 13.2. The van der Waals surface area contributed by atoms with E-state index in [4.69, 9.17) is 4.74 Å². The van der Waals surface area contributed by atoms with Crippen LogP contribution in [-0.4, -0.2) is 43.3 Å². The van der Waals surface area contributed by atoms with Crippen molar-refractivity contribution in [2.24, 2.45) is 0 Å². The van der Waals surface area contributed by atoms with Crippen molar-refractivity contribution in [3.63, 3.8) is 0 Å². The molecule has 0 atom stereocenters. The molecule has 0 bridgehead atoms. The van der Waals surface area contributed by atoms with Crippen molar-refractivity contribution in [3.05, 3.63) is 23.8 Å². The number of methoxy groups -OCH3 is 1. The van der Waals surface area contributed by atoms with Crippen LogP contribution in [0.2, 0.25) is 0 Å². The predicted octanol–water partition coefficient (Wildman–Crippen LogP) is 2.36. The van der Waals surface area contributed by atoms with Gasteiger partial charge in [0, 0.05) is 18.6 Å². The largest absolute Gasteiger partial charge is 0.504 e. The molecule has 1 fully saturated rings. The molecule has 20 heavy (non-hydrogen) atoms. The maximum atomic E-state index is 9.83. The lowest BCUT2D eigenvalue weighted by atomic mass is 9.90.